The van der Waals surface area contributed by atoms with Crippen LogP contribution in [0.3, 0.4) is 0 Å². The van der Waals surface area contributed by atoms with E-state index in [1.165, 1.54) is 24.3 Å². The van der Waals surface area contributed by atoms with Gasteiger partial charge in [0.05, 0.1) is 0 Å². The molecule has 0 unspecified atom stereocenters. The van der Waals surface area contributed by atoms with Gasteiger partial charge < -0.3 is 14.8 Å². The molecule has 1 saturated carbocycles. The van der Waals surface area contributed by atoms with Crippen LogP contribution in [0, 0.1) is 5.82 Å². The number of hydrogen-bond acceptors (Lipinski definition) is 5. The Labute approximate surface area is 125 Å². The molecule has 1 aliphatic rings. The second-order valence-corrected chi connectivity index (χ2v) is 4.70. The number of urea groups is 1. The van der Waals surface area contributed by atoms with Crippen molar-refractivity contribution in [2.45, 2.75) is 18.9 Å². The van der Waals surface area contributed by atoms with E-state index >= 15 is 0 Å². The summed E-state index contributed by atoms with van der Waals surface area (Å²) in [5.41, 5.74) is 0. The summed E-state index contributed by atoms with van der Waals surface area (Å²) in [7, 11) is 0. The van der Waals surface area contributed by atoms with Gasteiger partial charge in [0.1, 0.15) is 11.6 Å². The molecular formula is C14H15FN2O5. The van der Waals surface area contributed by atoms with Gasteiger partial charge in [-0.25, -0.2) is 14.0 Å². The van der Waals surface area contributed by atoms with Gasteiger partial charge in [-0.1, -0.05) is 0 Å². The lowest BCUT2D eigenvalue weighted by Crippen LogP contribution is -2.42. The minimum atomic E-state index is -0.776. The van der Waals surface area contributed by atoms with Gasteiger partial charge in [-0.05, 0) is 37.1 Å². The zero-order chi connectivity index (χ0) is 15.9. The molecule has 118 valence electrons. The van der Waals surface area contributed by atoms with Crippen molar-refractivity contribution in [1.29, 1.82) is 0 Å². The maximum Gasteiger partial charge on any atom is 0.344 e. The van der Waals surface area contributed by atoms with E-state index in [1.54, 1.807) is 0 Å². The van der Waals surface area contributed by atoms with E-state index in [2.05, 4.69) is 10.1 Å². The number of halogens is 1. The highest BCUT2D eigenvalue weighted by molar-refractivity contribution is 5.95. The standard InChI is InChI=1S/C14H15FN2O5/c15-9-1-5-11(6-2-9)21-8-13(19)22-7-12(18)17-14(20)16-10-3-4-10/h1-2,5-6,10H,3-4,7-8H2,(H2,16,17,18,20). The van der Waals surface area contributed by atoms with Gasteiger partial charge in [-0.2, -0.15) is 0 Å². The molecule has 22 heavy (non-hydrogen) atoms. The molecule has 8 heteroatoms. The van der Waals surface area contributed by atoms with E-state index in [9.17, 15) is 18.8 Å². The molecule has 0 atom stereocenters. The van der Waals surface area contributed by atoms with E-state index in [0.717, 1.165) is 12.8 Å². The molecule has 1 aromatic rings. The number of ether oxygens (including phenoxy) is 2. The van der Waals surface area contributed by atoms with E-state index in [4.69, 9.17) is 4.74 Å². The first-order valence-corrected chi connectivity index (χ1v) is 6.67. The molecule has 2 N–H and O–H groups in total. The Morgan fingerprint density at radius 1 is 1.14 bits per heavy atom. The predicted octanol–water partition coefficient (Wildman–Crippen LogP) is 0.736. The molecule has 7 nitrogen and oxygen atoms in total. The van der Waals surface area contributed by atoms with Crippen LogP contribution in [0.1, 0.15) is 12.8 Å². The number of rotatable bonds is 6. The lowest BCUT2D eigenvalue weighted by atomic mass is 10.3. The molecule has 0 aromatic heterocycles. The third-order valence-corrected chi connectivity index (χ3v) is 2.70. The Morgan fingerprint density at radius 3 is 2.45 bits per heavy atom. The van der Waals surface area contributed by atoms with Gasteiger partial charge in [0.25, 0.3) is 5.91 Å². The first-order chi connectivity index (χ1) is 10.5. The van der Waals surface area contributed by atoms with Crippen molar-refractivity contribution < 1.29 is 28.2 Å². The summed E-state index contributed by atoms with van der Waals surface area (Å²) >= 11 is 0. The van der Waals surface area contributed by atoms with Crippen molar-refractivity contribution in [3.63, 3.8) is 0 Å². The Kier molecular flexibility index (Phi) is 5.29. The lowest BCUT2D eigenvalue weighted by Gasteiger charge is -2.07. The second kappa shape index (κ2) is 7.39. The van der Waals surface area contributed by atoms with Crippen molar-refractivity contribution >= 4 is 17.9 Å². The highest BCUT2D eigenvalue weighted by atomic mass is 19.1. The average molecular weight is 310 g/mol. The first kappa shape index (κ1) is 15.7. The van der Waals surface area contributed by atoms with Crippen LogP contribution in [0.2, 0.25) is 0 Å². The summed E-state index contributed by atoms with van der Waals surface area (Å²) in [5.74, 6) is -1.63. The Bertz CT molecular complexity index is 557. The number of esters is 1. The Balaban J connectivity index is 1.61. The number of imide groups is 1. The van der Waals surface area contributed by atoms with Gasteiger partial charge >= 0.3 is 12.0 Å². The fourth-order valence-electron chi connectivity index (χ4n) is 1.47. The number of carbonyl (C=O) groups is 3. The van der Waals surface area contributed by atoms with E-state index in [-0.39, 0.29) is 6.04 Å². The summed E-state index contributed by atoms with van der Waals surface area (Å²) in [6, 6.07) is 4.61. The molecule has 2 rings (SSSR count). The molecule has 0 bridgehead atoms. The van der Waals surface area contributed by atoms with Crippen LogP contribution in [-0.4, -0.2) is 37.2 Å². The zero-order valence-electron chi connectivity index (χ0n) is 11.6. The maximum atomic E-state index is 12.7. The van der Waals surface area contributed by atoms with Crippen LogP contribution in [0.5, 0.6) is 5.75 Å². The summed E-state index contributed by atoms with van der Waals surface area (Å²) < 4.78 is 22.3. The van der Waals surface area contributed by atoms with Gasteiger partial charge in [0.15, 0.2) is 13.2 Å². The number of hydrogen-bond donors (Lipinski definition) is 2. The van der Waals surface area contributed by atoms with E-state index < -0.39 is 36.9 Å². The molecule has 1 aromatic carbocycles. The number of benzene rings is 1. The van der Waals surface area contributed by atoms with Gasteiger partial charge in [0.2, 0.25) is 0 Å². The highest BCUT2D eigenvalue weighted by Gasteiger charge is 2.24. The van der Waals surface area contributed by atoms with E-state index in [1.807, 2.05) is 5.32 Å². The first-order valence-electron chi connectivity index (χ1n) is 6.67. The third-order valence-electron chi connectivity index (χ3n) is 2.70. The summed E-state index contributed by atoms with van der Waals surface area (Å²) in [6.07, 6.45) is 1.80. The molecule has 0 heterocycles. The molecular weight excluding hydrogens is 295 g/mol. The average Bonchev–Trinajstić information content (AvgIpc) is 3.28. The number of nitrogens with one attached hydrogen (secondary N) is 2. The molecule has 1 fully saturated rings. The monoisotopic (exact) mass is 310 g/mol. The molecule has 1 aliphatic carbocycles. The van der Waals surface area contributed by atoms with Crippen LogP contribution >= 0.6 is 0 Å². The zero-order valence-corrected chi connectivity index (χ0v) is 11.6. The third kappa shape index (κ3) is 5.78. The quantitative estimate of drug-likeness (QED) is 0.756. The molecule has 0 radical (unpaired) electrons. The lowest BCUT2D eigenvalue weighted by molar-refractivity contribution is -0.150. The minimum absolute atomic E-state index is 0.124. The normalized spacial score (nSPS) is 13.1. The second-order valence-electron chi connectivity index (χ2n) is 4.70. The van der Waals surface area contributed by atoms with Crippen LogP contribution in [0.4, 0.5) is 9.18 Å². The van der Waals surface area contributed by atoms with Crippen molar-refractivity contribution in [3.8, 4) is 5.75 Å². The van der Waals surface area contributed by atoms with Gasteiger partial charge in [-0.15, -0.1) is 0 Å². The topological polar surface area (TPSA) is 93.7 Å². The summed E-state index contributed by atoms with van der Waals surface area (Å²) in [6.45, 7) is -1.00. The Morgan fingerprint density at radius 2 is 1.82 bits per heavy atom. The van der Waals surface area contributed by atoms with Crippen molar-refractivity contribution in [2.75, 3.05) is 13.2 Å². The van der Waals surface area contributed by atoms with E-state index in [0.29, 0.717) is 5.75 Å². The number of amides is 3. The Hall–Kier alpha value is -2.64. The SMILES string of the molecule is O=C(COC(=O)COc1ccc(F)cc1)NC(=O)NC1CC1. The molecule has 0 saturated heterocycles. The maximum absolute atomic E-state index is 12.7. The van der Waals surface area contributed by atoms with Crippen molar-refractivity contribution in [2.24, 2.45) is 0 Å². The van der Waals surface area contributed by atoms with Gasteiger partial charge in [-0.3, -0.25) is 10.1 Å². The number of carbonyl (C=O) groups excluding carboxylic acids is 3. The molecule has 3 amide bonds. The van der Waals surface area contributed by atoms with Crippen LogP contribution in [-0.2, 0) is 14.3 Å². The van der Waals surface area contributed by atoms with Crippen LogP contribution < -0.4 is 15.4 Å². The van der Waals surface area contributed by atoms with Crippen LogP contribution in [0.25, 0.3) is 0 Å². The molecule has 0 aliphatic heterocycles. The largest absolute Gasteiger partial charge is 0.482 e. The fourth-order valence-corrected chi connectivity index (χ4v) is 1.47. The van der Waals surface area contributed by atoms with Crippen LogP contribution in [0.15, 0.2) is 24.3 Å². The molecule has 0 spiro atoms. The van der Waals surface area contributed by atoms with Crippen molar-refractivity contribution in [3.05, 3.63) is 30.1 Å². The minimum Gasteiger partial charge on any atom is -0.482 e. The van der Waals surface area contributed by atoms with Crippen molar-refractivity contribution in [1.82, 2.24) is 10.6 Å². The highest BCUT2D eigenvalue weighted by Crippen LogP contribution is 2.18. The fraction of sp³-hybridized carbons (Fsp3) is 0.357. The summed E-state index contributed by atoms with van der Waals surface area (Å²) in [5, 5.41) is 4.59. The van der Waals surface area contributed by atoms with Gasteiger partial charge in [0, 0.05) is 6.04 Å². The smallest absolute Gasteiger partial charge is 0.344 e. The summed E-state index contributed by atoms with van der Waals surface area (Å²) in [4.78, 5) is 33.9. The predicted molar refractivity (Wildman–Crippen MR) is 72.6 cm³/mol.